The van der Waals surface area contributed by atoms with Gasteiger partial charge in [0.05, 0.1) is 23.4 Å². The number of rotatable bonds is 4. The number of amides is 3. The Kier molecular flexibility index (Phi) is 5.48. The second-order valence-corrected chi connectivity index (χ2v) is 9.12. The summed E-state index contributed by atoms with van der Waals surface area (Å²) in [6.07, 6.45) is 3.59. The molecule has 7 heteroatoms. The molecule has 0 unspecified atom stereocenters. The summed E-state index contributed by atoms with van der Waals surface area (Å²) in [7, 11) is 0. The van der Waals surface area contributed by atoms with Crippen molar-refractivity contribution in [3.63, 3.8) is 0 Å². The minimum absolute atomic E-state index is 0.102. The first-order valence-corrected chi connectivity index (χ1v) is 11.5. The van der Waals surface area contributed by atoms with Crippen molar-refractivity contribution in [3.8, 4) is 5.75 Å². The van der Waals surface area contributed by atoms with Crippen molar-refractivity contribution in [2.24, 2.45) is 17.8 Å². The van der Waals surface area contributed by atoms with Gasteiger partial charge < -0.3 is 9.64 Å². The third-order valence-corrected chi connectivity index (χ3v) is 6.99. The lowest BCUT2D eigenvalue weighted by Gasteiger charge is -2.19. The number of ether oxygens (including phenoxy) is 1. The first kappa shape index (κ1) is 21.4. The van der Waals surface area contributed by atoms with Gasteiger partial charge in [0, 0.05) is 18.7 Å². The molecule has 0 radical (unpaired) electrons. The molecule has 3 atom stereocenters. The van der Waals surface area contributed by atoms with Crippen LogP contribution in [0.4, 0.5) is 11.4 Å². The highest BCUT2D eigenvalue weighted by Gasteiger charge is 2.49. The molecule has 5 rings (SSSR count). The van der Waals surface area contributed by atoms with Crippen LogP contribution in [0.3, 0.4) is 0 Å². The third kappa shape index (κ3) is 3.81. The molecule has 3 amide bonds. The van der Waals surface area contributed by atoms with Crippen LogP contribution in [0.1, 0.15) is 37.7 Å². The van der Waals surface area contributed by atoms with E-state index < -0.39 is 11.9 Å². The summed E-state index contributed by atoms with van der Waals surface area (Å²) >= 11 is 0. The van der Waals surface area contributed by atoms with Gasteiger partial charge in [0.2, 0.25) is 17.7 Å². The Morgan fingerprint density at radius 2 is 1.61 bits per heavy atom. The summed E-state index contributed by atoms with van der Waals surface area (Å²) in [6, 6.07) is 14.2. The maximum absolute atomic E-state index is 12.9. The fourth-order valence-corrected chi connectivity index (χ4v) is 5.26. The molecule has 0 bridgehead atoms. The van der Waals surface area contributed by atoms with E-state index in [1.165, 1.54) is 4.90 Å². The van der Waals surface area contributed by atoms with Crippen LogP contribution in [-0.2, 0) is 19.2 Å². The number of carbonyl (C=O) groups is 4. The minimum Gasteiger partial charge on any atom is -0.426 e. The number of esters is 1. The Morgan fingerprint density at radius 3 is 2.24 bits per heavy atom. The minimum atomic E-state index is -0.553. The van der Waals surface area contributed by atoms with E-state index >= 15 is 0 Å². The average molecular weight is 447 g/mol. The number of para-hydroxylation sites is 1. The summed E-state index contributed by atoms with van der Waals surface area (Å²) in [5.74, 6) is -1.46. The largest absolute Gasteiger partial charge is 0.426 e. The van der Waals surface area contributed by atoms with E-state index in [1.807, 2.05) is 30.3 Å². The van der Waals surface area contributed by atoms with Gasteiger partial charge >= 0.3 is 5.97 Å². The van der Waals surface area contributed by atoms with Crippen LogP contribution in [0.15, 0.2) is 48.5 Å². The Labute approximate surface area is 192 Å². The number of hydrogen-bond acceptors (Lipinski definition) is 5. The summed E-state index contributed by atoms with van der Waals surface area (Å²) in [4.78, 5) is 53.9. The van der Waals surface area contributed by atoms with Crippen LogP contribution in [0, 0.1) is 24.7 Å². The average Bonchev–Trinajstić information content (AvgIpc) is 3.33. The van der Waals surface area contributed by atoms with Crippen molar-refractivity contribution < 1.29 is 23.9 Å². The normalized spacial score (nSPS) is 24.9. The lowest BCUT2D eigenvalue weighted by Crippen LogP contribution is -2.31. The molecule has 1 saturated carbocycles. The number of aryl methyl sites for hydroxylation is 1. The van der Waals surface area contributed by atoms with Gasteiger partial charge in [0.1, 0.15) is 5.75 Å². The summed E-state index contributed by atoms with van der Waals surface area (Å²) in [6.45, 7) is 2.07. The number of nitrogens with zero attached hydrogens (tertiary/aromatic N) is 2. The number of benzene rings is 2. The molecule has 2 aromatic rings. The Hall–Kier alpha value is -3.48. The standard InChI is InChI=1S/C26H26N2O5/c1-16-13-19(11-12-22(16)28-24(30)20-9-5-6-10-21(20)25(28)31)33-26(32)17-14-23(29)27(15-17)18-7-3-2-4-8-18/h2-4,7-8,11-13,17,20-21H,5-6,9-10,14-15H2,1H3/t17-,20-,21+/m0/s1. The SMILES string of the molecule is Cc1cc(OC(=O)[C@H]2CC(=O)N(c3ccccc3)C2)ccc1N1C(=O)[C@H]2CCCC[C@H]2C1=O. The Morgan fingerprint density at radius 1 is 0.939 bits per heavy atom. The molecular weight excluding hydrogens is 420 g/mol. The van der Waals surface area contributed by atoms with E-state index in [-0.39, 0.29) is 42.5 Å². The number of fused-ring (bicyclic) bond motifs is 1. The van der Waals surface area contributed by atoms with Crippen LogP contribution in [-0.4, -0.2) is 30.2 Å². The maximum atomic E-state index is 12.9. The van der Waals surface area contributed by atoms with E-state index in [2.05, 4.69) is 0 Å². The monoisotopic (exact) mass is 446 g/mol. The van der Waals surface area contributed by atoms with Crippen molar-refractivity contribution >= 4 is 35.1 Å². The molecule has 0 N–H and O–H groups in total. The molecule has 2 aromatic carbocycles. The predicted molar refractivity (Wildman–Crippen MR) is 122 cm³/mol. The quantitative estimate of drug-likeness (QED) is 0.407. The number of hydrogen-bond donors (Lipinski definition) is 0. The van der Waals surface area contributed by atoms with Gasteiger partial charge in [-0.05, 0) is 55.7 Å². The van der Waals surface area contributed by atoms with Gasteiger partial charge in [0.25, 0.3) is 0 Å². The van der Waals surface area contributed by atoms with Crippen molar-refractivity contribution in [2.45, 2.75) is 39.0 Å². The number of imide groups is 1. The molecule has 33 heavy (non-hydrogen) atoms. The second-order valence-electron chi connectivity index (χ2n) is 9.12. The summed E-state index contributed by atoms with van der Waals surface area (Å²) in [5.41, 5.74) is 2.00. The van der Waals surface area contributed by atoms with Crippen LogP contribution < -0.4 is 14.5 Å². The molecule has 170 valence electrons. The predicted octanol–water partition coefficient (Wildman–Crippen LogP) is 3.63. The van der Waals surface area contributed by atoms with Gasteiger partial charge in [-0.1, -0.05) is 31.0 Å². The summed E-state index contributed by atoms with van der Waals surface area (Å²) < 4.78 is 5.57. The van der Waals surface area contributed by atoms with Gasteiger partial charge in [-0.15, -0.1) is 0 Å². The van der Waals surface area contributed by atoms with Gasteiger partial charge in [0.15, 0.2) is 0 Å². The molecule has 2 aliphatic heterocycles. The first-order chi connectivity index (χ1) is 15.9. The highest BCUT2D eigenvalue weighted by Crippen LogP contribution is 2.41. The molecule has 7 nitrogen and oxygen atoms in total. The lowest BCUT2D eigenvalue weighted by atomic mass is 9.81. The van der Waals surface area contributed by atoms with Gasteiger partial charge in [-0.2, -0.15) is 0 Å². The topological polar surface area (TPSA) is 84.0 Å². The second kappa shape index (κ2) is 8.46. The number of carbonyl (C=O) groups excluding carboxylic acids is 4. The highest BCUT2D eigenvalue weighted by atomic mass is 16.5. The van der Waals surface area contributed by atoms with Crippen LogP contribution in [0.2, 0.25) is 0 Å². The molecule has 1 aliphatic carbocycles. The molecular formula is C26H26N2O5. The van der Waals surface area contributed by atoms with Gasteiger partial charge in [-0.3, -0.25) is 19.2 Å². The van der Waals surface area contributed by atoms with E-state index in [1.54, 1.807) is 30.0 Å². The molecule has 2 heterocycles. The third-order valence-electron chi connectivity index (χ3n) is 6.99. The fourth-order valence-electron chi connectivity index (χ4n) is 5.26. The zero-order valence-corrected chi connectivity index (χ0v) is 18.5. The summed E-state index contributed by atoms with van der Waals surface area (Å²) in [5, 5.41) is 0. The van der Waals surface area contributed by atoms with Crippen LogP contribution >= 0.6 is 0 Å². The number of anilines is 2. The van der Waals surface area contributed by atoms with E-state index in [9.17, 15) is 19.2 Å². The molecule has 0 aromatic heterocycles. The van der Waals surface area contributed by atoms with Gasteiger partial charge in [-0.25, -0.2) is 4.90 Å². The molecule has 2 saturated heterocycles. The first-order valence-electron chi connectivity index (χ1n) is 11.5. The smallest absolute Gasteiger partial charge is 0.316 e. The van der Waals surface area contributed by atoms with E-state index in [4.69, 9.17) is 4.74 Å². The fraction of sp³-hybridized carbons (Fsp3) is 0.385. The zero-order chi connectivity index (χ0) is 23.1. The van der Waals surface area contributed by atoms with Crippen LogP contribution in [0.5, 0.6) is 5.75 Å². The van der Waals surface area contributed by atoms with E-state index in [0.29, 0.717) is 17.0 Å². The van der Waals surface area contributed by atoms with Crippen molar-refractivity contribution in [1.82, 2.24) is 0 Å². The maximum Gasteiger partial charge on any atom is 0.316 e. The molecule has 3 fully saturated rings. The Bertz CT molecular complexity index is 1100. The van der Waals surface area contributed by atoms with E-state index in [0.717, 1.165) is 31.4 Å². The van der Waals surface area contributed by atoms with Crippen molar-refractivity contribution in [2.75, 3.05) is 16.3 Å². The lowest BCUT2D eigenvalue weighted by molar-refractivity contribution is -0.139. The van der Waals surface area contributed by atoms with Crippen molar-refractivity contribution in [1.29, 1.82) is 0 Å². The molecule has 0 spiro atoms. The van der Waals surface area contributed by atoms with Crippen LogP contribution in [0.25, 0.3) is 0 Å². The van der Waals surface area contributed by atoms with Crippen molar-refractivity contribution in [3.05, 3.63) is 54.1 Å². The zero-order valence-electron chi connectivity index (χ0n) is 18.5. The molecule has 3 aliphatic rings. The highest BCUT2D eigenvalue weighted by molar-refractivity contribution is 6.22. The Balaban J connectivity index is 1.28.